The number of hydrogen-bond donors (Lipinski definition) is 1. The van der Waals surface area contributed by atoms with E-state index in [0.29, 0.717) is 12.0 Å². The van der Waals surface area contributed by atoms with Gasteiger partial charge in [0.05, 0.1) is 6.54 Å². The fraction of sp³-hybridized carbons (Fsp3) is 0.765. The molecule has 1 saturated heterocycles. The van der Waals surface area contributed by atoms with Crippen LogP contribution in [0.2, 0.25) is 0 Å². The summed E-state index contributed by atoms with van der Waals surface area (Å²) in [6.45, 7) is 13.0. The van der Waals surface area contributed by atoms with Crippen LogP contribution in [0, 0.1) is 18.3 Å². The summed E-state index contributed by atoms with van der Waals surface area (Å²) >= 11 is 0. The van der Waals surface area contributed by atoms with E-state index in [-0.39, 0.29) is 0 Å². The molecule has 1 fully saturated rings. The molecule has 20 heavy (non-hydrogen) atoms. The van der Waals surface area contributed by atoms with Crippen LogP contribution in [0.15, 0.2) is 10.5 Å². The number of hydrogen-bond acceptors (Lipinski definition) is 3. The van der Waals surface area contributed by atoms with Crippen LogP contribution < -0.4 is 5.73 Å². The van der Waals surface area contributed by atoms with Crippen LogP contribution in [0.1, 0.15) is 57.1 Å². The van der Waals surface area contributed by atoms with Gasteiger partial charge in [-0.1, -0.05) is 20.8 Å². The topological polar surface area (TPSA) is 42.4 Å². The summed E-state index contributed by atoms with van der Waals surface area (Å²) in [5, 5.41) is 0. The van der Waals surface area contributed by atoms with E-state index >= 15 is 0 Å². The molecular weight excluding hydrogens is 248 g/mol. The second kappa shape index (κ2) is 6.31. The van der Waals surface area contributed by atoms with Crippen molar-refractivity contribution in [1.29, 1.82) is 0 Å². The van der Waals surface area contributed by atoms with Gasteiger partial charge >= 0.3 is 0 Å². The van der Waals surface area contributed by atoms with Gasteiger partial charge in [-0.05, 0) is 56.7 Å². The van der Waals surface area contributed by atoms with Crippen LogP contribution >= 0.6 is 0 Å². The van der Waals surface area contributed by atoms with Gasteiger partial charge in [0.1, 0.15) is 11.5 Å². The van der Waals surface area contributed by atoms with E-state index in [0.717, 1.165) is 29.5 Å². The monoisotopic (exact) mass is 278 g/mol. The molecule has 0 saturated carbocycles. The van der Waals surface area contributed by atoms with Gasteiger partial charge < -0.3 is 10.2 Å². The number of aryl methyl sites for hydroxylation is 1. The molecule has 0 aliphatic carbocycles. The molecule has 1 unspecified atom stereocenters. The number of furan rings is 1. The van der Waals surface area contributed by atoms with Crippen LogP contribution in [0.5, 0.6) is 0 Å². The molecule has 2 rings (SSSR count). The molecule has 0 aromatic carbocycles. The first-order valence-corrected chi connectivity index (χ1v) is 7.90. The maximum Gasteiger partial charge on any atom is 0.118 e. The van der Waals surface area contributed by atoms with E-state index in [2.05, 4.69) is 31.7 Å². The predicted molar refractivity (Wildman–Crippen MR) is 83.4 cm³/mol. The number of nitrogens with two attached hydrogens (primary N) is 1. The van der Waals surface area contributed by atoms with E-state index in [1.54, 1.807) is 0 Å². The highest BCUT2D eigenvalue weighted by molar-refractivity contribution is 5.20. The first-order chi connectivity index (χ1) is 9.40. The molecule has 1 aromatic rings. The van der Waals surface area contributed by atoms with Gasteiger partial charge in [-0.2, -0.15) is 0 Å². The van der Waals surface area contributed by atoms with E-state index in [1.807, 2.05) is 6.92 Å². The number of likely N-dealkylation sites (tertiary alicyclic amines) is 1. The number of rotatable bonds is 3. The van der Waals surface area contributed by atoms with Crippen molar-refractivity contribution in [2.45, 2.75) is 60.0 Å². The largest absolute Gasteiger partial charge is 0.465 e. The number of nitrogens with zero attached hydrogens (tertiary/aromatic N) is 1. The van der Waals surface area contributed by atoms with E-state index in [4.69, 9.17) is 10.2 Å². The minimum atomic E-state index is 0.435. The highest BCUT2D eigenvalue weighted by Crippen LogP contribution is 2.34. The highest BCUT2D eigenvalue weighted by atomic mass is 16.3. The fourth-order valence-corrected chi connectivity index (χ4v) is 3.27. The van der Waals surface area contributed by atoms with Crippen LogP contribution in [0.25, 0.3) is 0 Å². The standard InChI is InChI=1S/C17H30N2O/c1-13-14(11-18)10-16(20-13)12-19-8-5-6-15(7-9-19)17(2,3)4/h10,15H,5-9,11-12,18H2,1-4H3. The molecule has 2 N–H and O–H groups in total. The molecule has 3 nitrogen and oxygen atoms in total. The van der Waals surface area contributed by atoms with Crippen molar-refractivity contribution in [2.75, 3.05) is 13.1 Å². The van der Waals surface area contributed by atoms with Gasteiger partial charge in [0.25, 0.3) is 0 Å². The molecule has 1 atom stereocenters. The first kappa shape index (κ1) is 15.6. The minimum absolute atomic E-state index is 0.435. The van der Waals surface area contributed by atoms with Crippen molar-refractivity contribution >= 4 is 0 Å². The third-order valence-electron chi connectivity index (χ3n) is 4.72. The van der Waals surface area contributed by atoms with Crippen LogP contribution in [-0.2, 0) is 13.1 Å². The molecule has 0 radical (unpaired) electrons. The Bertz CT molecular complexity index is 431. The summed E-state index contributed by atoms with van der Waals surface area (Å²) < 4.78 is 5.82. The molecule has 0 spiro atoms. The summed E-state index contributed by atoms with van der Waals surface area (Å²) in [4.78, 5) is 2.53. The Labute approximate surface area is 123 Å². The molecular formula is C17H30N2O. The fourth-order valence-electron chi connectivity index (χ4n) is 3.27. The molecule has 0 bridgehead atoms. The minimum Gasteiger partial charge on any atom is -0.465 e. The second-order valence-electron chi connectivity index (χ2n) is 7.27. The Balaban J connectivity index is 1.94. The zero-order valence-corrected chi connectivity index (χ0v) is 13.5. The van der Waals surface area contributed by atoms with E-state index in [9.17, 15) is 0 Å². The Morgan fingerprint density at radius 2 is 2.05 bits per heavy atom. The summed E-state index contributed by atoms with van der Waals surface area (Å²) in [6.07, 6.45) is 3.95. The summed E-state index contributed by atoms with van der Waals surface area (Å²) in [5.41, 5.74) is 7.29. The maximum absolute atomic E-state index is 5.82. The van der Waals surface area contributed by atoms with Gasteiger partial charge in [0.2, 0.25) is 0 Å². The van der Waals surface area contributed by atoms with Gasteiger partial charge in [-0.15, -0.1) is 0 Å². The lowest BCUT2D eigenvalue weighted by Gasteiger charge is -2.29. The van der Waals surface area contributed by atoms with Crippen molar-refractivity contribution in [1.82, 2.24) is 4.90 Å². The lowest BCUT2D eigenvalue weighted by atomic mass is 9.77. The third-order valence-corrected chi connectivity index (χ3v) is 4.72. The van der Waals surface area contributed by atoms with E-state index in [1.165, 1.54) is 32.4 Å². The summed E-state index contributed by atoms with van der Waals surface area (Å²) in [5.74, 6) is 2.88. The van der Waals surface area contributed by atoms with Gasteiger partial charge in [0, 0.05) is 12.1 Å². The first-order valence-electron chi connectivity index (χ1n) is 7.90. The van der Waals surface area contributed by atoms with Crippen molar-refractivity contribution in [2.24, 2.45) is 17.1 Å². The van der Waals surface area contributed by atoms with Crippen molar-refractivity contribution in [3.63, 3.8) is 0 Å². The average Bonchev–Trinajstić information content (AvgIpc) is 2.58. The van der Waals surface area contributed by atoms with Crippen molar-refractivity contribution in [3.8, 4) is 0 Å². The average molecular weight is 278 g/mol. The lowest BCUT2D eigenvalue weighted by molar-refractivity contribution is 0.202. The Morgan fingerprint density at radius 3 is 2.65 bits per heavy atom. The van der Waals surface area contributed by atoms with Gasteiger partial charge in [0.15, 0.2) is 0 Å². The highest BCUT2D eigenvalue weighted by Gasteiger charge is 2.27. The van der Waals surface area contributed by atoms with Crippen molar-refractivity contribution < 1.29 is 4.42 Å². The smallest absolute Gasteiger partial charge is 0.118 e. The predicted octanol–water partition coefficient (Wildman–Crippen LogP) is 3.69. The van der Waals surface area contributed by atoms with Crippen LogP contribution in [0.4, 0.5) is 0 Å². The molecule has 1 aromatic heterocycles. The maximum atomic E-state index is 5.82. The summed E-state index contributed by atoms with van der Waals surface area (Å²) in [7, 11) is 0. The van der Waals surface area contributed by atoms with E-state index < -0.39 is 0 Å². The zero-order valence-electron chi connectivity index (χ0n) is 13.5. The molecule has 114 valence electrons. The Hall–Kier alpha value is -0.800. The van der Waals surface area contributed by atoms with Crippen molar-refractivity contribution in [3.05, 3.63) is 23.2 Å². The molecule has 1 aliphatic heterocycles. The zero-order chi connectivity index (χ0) is 14.8. The SMILES string of the molecule is Cc1oc(CN2CCCC(C(C)(C)C)CC2)cc1CN. The normalized spacial score (nSPS) is 21.9. The van der Waals surface area contributed by atoms with Gasteiger partial charge in [-0.25, -0.2) is 0 Å². The lowest BCUT2D eigenvalue weighted by Crippen LogP contribution is -2.25. The molecule has 3 heteroatoms. The van der Waals surface area contributed by atoms with Gasteiger partial charge in [-0.3, -0.25) is 4.90 Å². The summed E-state index contributed by atoms with van der Waals surface area (Å²) in [6, 6.07) is 2.13. The van der Waals surface area contributed by atoms with Crippen LogP contribution in [0.3, 0.4) is 0 Å². The second-order valence-corrected chi connectivity index (χ2v) is 7.27. The van der Waals surface area contributed by atoms with Crippen LogP contribution in [-0.4, -0.2) is 18.0 Å². The molecule has 1 aliphatic rings. The third kappa shape index (κ3) is 3.86. The quantitative estimate of drug-likeness (QED) is 0.917. The molecule has 2 heterocycles. The molecule has 0 amide bonds. The Morgan fingerprint density at radius 1 is 1.30 bits per heavy atom. The Kier molecular flexibility index (Phi) is 4.92.